The summed E-state index contributed by atoms with van der Waals surface area (Å²) in [6.07, 6.45) is 1.30. The summed E-state index contributed by atoms with van der Waals surface area (Å²) in [4.78, 5) is 28.8. The fraction of sp³-hybridized carbons (Fsp3) is 0.310. The van der Waals surface area contributed by atoms with Crippen molar-refractivity contribution in [2.24, 2.45) is 0 Å². The number of hydrogen-bond acceptors (Lipinski definition) is 4. The molecule has 0 aliphatic carbocycles. The predicted molar refractivity (Wildman–Crippen MR) is 158 cm³/mol. The number of halogens is 2. The van der Waals surface area contributed by atoms with Crippen LogP contribution in [0, 0.1) is 13.8 Å². The number of anilines is 1. The van der Waals surface area contributed by atoms with Gasteiger partial charge in [-0.25, -0.2) is 8.42 Å². The third-order valence-corrected chi connectivity index (χ3v) is 8.30. The van der Waals surface area contributed by atoms with Crippen molar-refractivity contribution in [1.29, 1.82) is 0 Å². The van der Waals surface area contributed by atoms with Gasteiger partial charge in [-0.15, -0.1) is 0 Å². The molecule has 2 amide bonds. The fourth-order valence-electron chi connectivity index (χ4n) is 4.18. The van der Waals surface area contributed by atoms with E-state index in [1.165, 1.54) is 4.90 Å². The molecule has 0 saturated heterocycles. The number of sulfonamides is 1. The summed E-state index contributed by atoms with van der Waals surface area (Å²) in [5, 5.41) is 3.50. The Hall–Kier alpha value is -3.07. The Morgan fingerprint density at radius 2 is 1.59 bits per heavy atom. The van der Waals surface area contributed by atoms with Gasteiger partial charge in [0.15, 0.2) is 0 Å². The van der Waals surface area contributed by atoms with Crippen LogP contribution >= 0.6 is 23.2 Å². The molecule has 3 aromatic rings. The highest BCUT2D eigenvalue weighted by molar-refractivity contribution is 7.92. The van der Waals surface area contributed by atoms with E-state index in [1.54, 1.807) is 37.3 Å². The maximum atomic E-state index is 14.0. The summed E-state index contributed by atoms with van der Waals surface area (Å²) in [5.74, 6) is -0.872. The second-order valence-corrected chi connectivity index (χ2v) is 12.1. The van der Waals surface area contributed by atoms with Crippen LogP contribution in [-0.4, -0.2) is 50.5 Å². The lowest BCUT2D eigenvalue weighted by Crippen LogP contribution is -2.53. The average molecular weight is 591 g/mol. The second-order valence-electron chi connectivity index (χ2n) is 9.41. The van der Waals surface area contributed by atoms with Crippen molar-refractivity contribution in [2.45, 2.75) is 39.8 Å². The van der Waals surface area contributed by atoms with Crippen molar-refractivity contribution in [3.8, 4) is 0 Å². The van der Waals surface area contributed by atoms with Crippen LogP contribution in [-0.2, 0) is 32.6 Å². The summed E-state index contributed by atoms with van der Waals surface area (Å²) in [7, 11) is -3.83. The molecule has 10 heteroatoms. The van der Waals surface area contributed by atoms with Crippen molar-refractivity contribution in [2.75, 3.05) is 23.7 Å². The molecule has 7 nitrogen and oxygen atoms in total. The molecule has 39 heavy (non-hydrogen) atoms. The Balaban J connectivity index is 2.07. The number of nitrogens with one attached hydrogen (secondary N) is 1. The second kappa shape index (κ2) is 13.3. The van der Waals surface area contributed by atoms with Gasteiger partial charge in [0.25, 0.3) is 0 Å². The maximum absolute atomic E-state index is 14.0. The quantitative estimate of drug-likeness (QED) is 0.335. The zero-order valence-corrected chi connectivity index (χ0v) is 24.8. The zero-order valence-electron chi connectivity index (χ0n) is 22.4. The van der Waals surface area contributed by atoms with Crippen molar-refractivity contribution >= 4 is 50.7 Å². The van der Waals surface area contributed by atoms with Crippen LogP contribution in [0.4, 0.5) is 5.69 Å². The van der Waals surface area contributed by atoms with Gasteiger partial charge < -0.3 is 10.2 Å². The number of hydrogen-bond donors (Lipinski definition) is 1. The van der Waals surface area contributed by atoms with Gasteiger partial charge >= 0.3 is 0 Å². The Labute approximate surface area is 240 Å². The molecule has 0 spiro atoms. The maximum Gasteiger partial charge on any atom is 0.244 e. The van der Waals surface area contributed by atoms with E-state index in [9.17, 15) is 18.0 Å². The molecular weight excluding hydrogens is 557 g/mol. The van der Waals surface area contributed by atoms with Crippen molar-refractivity contribution in [1.82, 2.24) is 10.2 Å². The van der Waals surface area contributed by atoms with Crippen molar-refractivity contribution in [3.05, 3.63) is 99.0 Å². The monoisotopic (exact) mass is 589 g/mol. The standard InChI is InChI=1S/C29H33Cl2N3O4S/c1-5-32-29(36)27(17-22-9-7-6-8-10-22)33(18-23-12-14-25(30)26(31)16-23)28(35)19-34(39(4,37)38)24-13-11-20(2)21(3)15-24/h6-16,27H,5,17-19H2,1-4H3,(H,32,36)/t27-/m0/s1. The van der Waals surface area contributed by atoms with Gasteiger partial charge in [-0.2, -0.15) is 0 Å². The lowest BCUT2D eigenvalue weighted by molar-refractivity contribution is -0.140. The number of amides is 2. The third kappa shape index (κ3) is 8.21. The van der Waals surface area contributed by atoms with Gasteiger partial charge in [0.05, 0.1) is 22.0 Å². The molecule has 0 aliphatic rings. The van der Waals surface area contributed by atoms with E-state index >= 15 is 0 Å². The molecule has 0 aliphatic heterocycles. The Morgan fingerprint density at radius 1 is 0.897 bits per heavy atom. The molecule has 1 atom stereocenters. The van der Waals surface area contributed by atoms with Crippen LogP contribution in [0.1, 0.15) is 29.2 Å². The number of carbonyl (C=O) groups excluding carboxylic acids is 2. The summed E-state index contributed by atoms with van der Waals surface area (Å²) in [6, 6.07) is 18.7. The largest absolute Gasteiger partial charge is 0.355 e. The van der Waals surface area contributed by atoms with E-state index in [0.29, 0.717) is 27.8 Å². The molecule has 0 bridgehead atoms. The smallest absolute Gasteiger partial charge is 0.244 e. The van der Waals surface area contributed by atoms with E-state index in [1.807, 2.05) is 50.2 Å². The first-order valence-electron chi connectivity index (χ1n) is 12.5. The number of likely N-dealkylation sites (N-methyl/N-ethyl adjacent to an activating group) is 1. The molecular formula is C29H33Cl2N3O4S. The van der Waals surface area contributed by atoms with Crippen molar-refractivity contribution < 1.29 is 18.0 Å². The lowest BCUT2D eigenvalue weighted by atomic mass is 10.0. The Bertz CT molecular complexity index is 1430. The number of benzene rings is 3. The molecule has 0 saturated carbocycles. The lowest BCUT2D eigenvalue weighted by Gasteiger charge is -2.33. The minimum absolute atomic E-state index is 0.0227. The number of nitrogens with zero attached hydrogens (tertiary/aromatic N) is 2. The van der Waals surface area contributed by atoms with E-state index in [-0.39, 0.29) is 18.9 Å². The van der Waals surface area contributed by atoms with Gasteiger partial charge in [0.1, 0.15) is 12.6 Å². The van der Waals surface area contributed by atoms with Crippen LogP contribution in [0.15, 0.2) is 66.7 Å². The number of carbonyl (C=O) groups is 2. The molecule has 0 heterocycles. The number of aryl methyl sites for hydroxylation is 2. The molecule has 0 fully saturated rings. The minimum atomic E-state index is -3.83. The molecule has 1 N–H and O–H groups in total. The van der Waals surface area contributed by atoms with Crippen LogP contribution in [0.25, 0.3) is 0 Å². The van der Waals surface area contributed by atoms with Gasteiger partial charge in [0, 0.05) is 19.5 Å². The summed E-state index contributed by atoms with van der Waals surface area (Å²) >= 11 is 12.4. The van der Waals surface area contributed by atoms with Gasteiger partial charge in [-0.1, -0.05) is 65.7 Å². The fourth-order valence-corrected chi connectivity index (χ4v) is 5.34. The molecule has 3 rings (SSSR count). The van der Waals surface area contributed by atoms with Gasteiger partial charge in [-0.3, -0.25) is 13.9 Å². The highest BCUT2D eigenvalue weighted by atomic mass is 35.5. The first-order chi connectivity index (χ1) is 18.4. The average Bonchev–Trinajstić information content (AvgIpc) is 2.88. The SMILES string of the molecule is CCNC(=O)[C@H](Cc1ccccc1)N(Cc1ccc(Cl)c(Cl)c1)C(=O)CN(c1ccc(C)c(C)c1)S(C)(=O)=O. The van der Waals surface area contributed by atoms with Crippen LogP contribution in [0.3, 0.4) is 0 Å². The minimum Gasteiger partial charge on any atom is -0.355 e. The van der Waals surface area contributed by atoms with E-state index < -0.39 is 28.5 Å². The van der Waals surface area contributed by atoms with Gasteiger partial charge in [0.2, 0.25) is 21.8 Å². The Kier molecular flexibility index (Phi) is 10.4. The van der Waals surface area contributed by atoms with E-state index in [4.69, 9.17) is 23.2 Å². The summed E-state index contributed by atoms with van der Waals surface area (Å²) in [5.41, 5.74) is 3.78. The molecule has 3 aromatic carbocycles. The molecule has 0 radical (unpaired) electrons. The Morgan fingerprint density at radius 3 is 2.18 bits per heavy atom. The van der Waals surface area contributed by atoms with E-state index in [0.717, 1.165) is 27.3 Å². The summed E-state index contributed by atoms with van der Waals surface area (Å²) in [6.45, 7) is 5.52. The van der Waals surface area contributed by atoms with Crippen LogP contribution in [0.5, 0.6) is 0 Å². The predicted octanol–water partition coefficient (Wildman–Crippen LogP) is 5.15. The highest BCUT2D eigenvalue weighted by Gasteiger charge is 2.33. The zero-order chi connectivity index (χ0) is 28.7. The molecule has 208 valence electrons. The molecule has 0 unspecified atom stereocenters. The van der Waals surface area contributed by atoms with Crippen LogP contribution < -0.4 is 9.62 Å². The van der Waals surface area contributed by atoms with Gasteiger partial charge in [-0.05, 0) is 67.3 Å². The highest BCUT2D eigenvalue weighted by Crippen LogP contribution is 2.26. The first-order valence-corrected chi connectivity index (χ1v) is 15.1. The first kappa shape index (κ1) is 30.5. The van der Waals surface area contributed by atoms with E-state index in [2.05, 4.69) is 5.32 Å². The molecule has 0 aromatic heterocycles. The van der Waals surface area contributed by atoms with Crippen LogP contribution in [0.2, 0.25) is 10.0 Å². The summed E-state index contributed by atoms with van der Waals surface area (Å²) < 4.78 is 26.8. The third-order valence-electron chi connectivity index (χ3n) is 6.42. The normalized spacial score (nSPS) is 12.1. The number of rotatable bonds is 11. The van der Waals surface area contributed by atoms with Crippen molar-refractivity contribution in [3.63, 3.8) is 0 Å². The topological polar surface area (TPSA) is 86.8 Å².